The van der Waals surface area contributed by atoms with Gasteiger partial charge in [0.15, 0.2) is 0 Å². The van der Waals surface area contributed by atoms with Crippen molar-refractivity contribution < 1.29 is 9.18 Å². The number of halogens is 1. The van der Waals surface area contributed by atoms with E-state index in [-0.39, 0.29) is 11.4 Å². The highest BCUT2D eigenvalue weighted by atomic mass is 19.1. The molecule has 0 aromatic heterocycles. The van der Waals surface area contributed by atoms with Crippen LogP contribution in [0.5, 0.6) is 0 Å². The molecule has 1 fully saturated rings. The molecule has 21 heavy (non-hydrogen) atoms. The summed E-state index contributed by atoms with van der Waals surface area (Å²) in [6, 6.07) is 5.01. The van der Waals surface area contributed by atoms with Crippen LogP contribution in [0.1, 0.15) is 24.0 Å². The molecule has 0 bridgehead atoms. The van der Waals surface area contributed by atoms with E-state index < -0.39 is 5.91 Å². The van der Waals surface area contributed by atoms with E-state index in [1.165, 1.54) is 19.2 Å². The molecular formula is C16H18FN3O. The first-order valence-electron chi connectivity index (χ1n) is 6.95. The molecule has 0 unspecified atom stereocenters. The number of carbonyl (C=O) groups is 1. The molecule has 4 nitrogen and oxygen atoms in total. The molecule has 1 aliphatic heterocycles. The predicted octanol–water partition coefficient (Wildman–Crippen LogP) is 2.39. The summed E-state index contributed by atoms with van der Waals surface area (Å²) in [4.78, 5) is 13.5. The molecule has 110 valence electrons. The lowest BCUT2D eigenvalue weighted by Gasteiger charge is -2.19. The maximum atomic E-state index is 14.3. The average molecular weight is 287 g/mol. The predicted molar refractivity (Wildman–Crippen MR) is 80.2 cm³/mol. The average Bonchev–Trinajstić information content (AvgIpc) is 3.00. The summed E-state index contributed by atoms with van der Waals surface area (Å²) in [5, 5.41) is 11.4. The Morgan fingerprint density at radius 3 is 2.67 bits per heavy atom. The third-order valence-corrected chi connectivity index (χ3v) is 3.67. The minimum Gasteiger partial charge on any atom is -0.369 e. The Bertz CT molecular complexity index is 625. The summed E-state index contributed by atoms with van der Waals surface area (Å²) in [6.45, 7) is 3.59. The lowest BCUT2D eigenvalue weighted by atomic mass is 10.0. The third-order valence-electron chi connectivity index (χ3n) is 3.67. The van der Waals surface area contributed by atoms with Crippen LogP contribution in [-0.2, 0) is 4.79 Å². The fraction of sp³-hybridized carbons (Fsp3) is 0.375. The zero-order valence-electron chi connectivity index (χ0n) is 12.2. The molecule has 2 rings (SSSR count). The van der Waals surface area contributed by atoms with Gasteiger partial charge in [0.1, 0.15) is 17.5 Å². The van der Waals surface area contributed by atoms with E-state index in [4.69, 9.17) is 5.26 Å². The first kappa shape index (κ1) is 15.0. The lowest BCUT2D eigenvalue weighted by Crippen LogP contribution is -2.20. The van der Waals surface area contributed by atoms with Crippen LogP contribution in [0.4, 0.5) is 10.1 Å². The van der Waals surface area contributed by atoms with Gasteiger partial charge in [0, 0.05) is 20.1 Å². The first-order valence-corrected chi connectivity index (χ1v) is 6.95. The first-order chi connectivity index (χ1) is 10.1. The number of carbonyl (C=O) groups excluding carboxylic acids is 1. The minimum absolute atomic E-state index is 0.0334. The standard InChI is InChI=1S/C16H18FN3O/c1-11-7-15(20-5-3-4-6-20)14(17)9-12(11)8-13(10-18)16(21)19-2/h7-9H,3-6H2,1-2H3,(H,19,21). The quantitative estimate of drug-likeness (QED) is 0.686. The number of hydrogen-bond acceptors (Lipinski definition) is 3. The number of anilines is 1. The number of hydrogen-bond donors (Lipinski definition) is 1. The van der Waals surface area contributed by atoms with Gasteiger partial charge in [0.05, 0.1) is 5.69 Å². The second-order valence-corrected chi connectivity index (χ2v) is 5.10. The van der Waals surface area contributed by atoms with Crippen molar-refractivity contribution in [3.05, 3.63) is 34.6 Å². The second kappa shape index (κ2) is 6.40. The zero-order valence-corrected chi connectivity index (χ0v) is 12.2. The van der Waals surface area contributed by atoms with Gasteiger partial charge in [-0.05, 0) is 49.1 Å². The highest BCUT2D eigenvalue weighted by Crippen LogP contribution is 2.27. The highest BCUT2D eigenvalue weighted by molar-refractivity contribution is 6.01. The molecule has 0 aliphatic carbocycles. The second-order valence-electron chi connectivity index (χ2n) is 5.10. The van der Waals surface area contributed by atoms with Crippen molar-refractivity contribution >= 4 is 17.7 Å². The summed E-state index contributed by atoms with van der Waals surface area (Å²) >= 11 is 0. The number of nitrogens with one attached hydrogen (secondary N) is 1. The fourth-order valence-electron chi connectivity index (χ4n) is 2.48. The third kappa shape index (κ3) is 3.22. The monoisotopic (exact) mass is 287 g/mol. The number of likely N-dealkylation sites (N-methyl/N-ethyl adjacent to an activating group) is 1. The summed E-state index contributed by atoms with van der Waals surface area (Å²) in [6.07, 6.45) is 3.58. The molecule has 0 atom stereocenters. The molecule has 0 spiro atoms. The van der Waals surface area contributed by atoms with Crippen LogP contribution >= 0.6 is 0 Å². The van der Waals surface area contributed by atoms with E-state index in [0.717, 1.165) is 31.5 Å². The molecule has 0 saturated carbocycles. The maximum Gasteiger partial charge on any atom is 0.261 e. The molecule has 1 amide bonds. The van der Waals surface area contributed by atoms with Gasteiger partial charge in [0.2, 0.25) is 0 Å². The zero-order chi connectivity index (χ0) is 15.4. The van der Waals surface area contributed by atoms with Crippen LogP contribution in [0.25, 0.3) is 6.08 Å². The van der Waals surface area contributed by atoms with E-state index in [9.17, 15) is 9.18 Å². The Morgan fingerprint density at radius 2 is 2.10 bits per heavy atom. The highest BCUT2D eigenvalue weighted by Gasteiger charge is 2.17. The lowest BCUT2D eigenvalue weighted by molar-refractivity contribution is -0.116. The molecule has 1 aliphatic rings. The van der Waals surface area contributed by atoms with E-state index in [0.29, 0.717) is 11.3 Å². The number of nitriles is 1. The number of amides is 1. The van der Waals surface area contributed by atoms with Crippen molar-refractivity contribution in [2.24, 2.45) is 0 Å². The molecular weight excluding hydrogens is 269 g/mol. The van der Waals surface area contributed by atoms with Crippen molar-refractivity contribution in [2.45, 2.75) is 19.8 Å². The van der Waals surface area contributed by atoms with Crippen molar-refractivity contribution in [1.29, 1.82) is 5.26 Å². The summed E-state index contributed by atoms with van der Waals surface area (Å²) < 4.78 is 14.3. The molecule has 1 aromatic carbocycles. The van der Waals surface area contributed by atoms with Crippen molar-refractivity contribution in [2.75, 3.05) is 25.0 Å². The number of aryl methyl sites for hydroxylation is 1. The molecule has 0 radical (unpaired) electrons. The van der Waals surface area contributed by atoms with Gasteiger partial charge in [0.25, 0.3) is 5.91 Å². The Morgan fingerprint density at radius 1 is 1.43 bits per heavy atom. The number of rotatable bonds is 3. The van der Waals surface area contributed by atoms with E-state index in [1.54, 1.807) is 6.07 Å². The van der Waals surface area contributed by atoms with Gasteiger partial charge in [-0.3, -0.25) is 4.79 Å². The Kier molecular flexibility index (Phi) is 4.59. The van der Waals surface area contributed by atoms with Gasteiger partial charge in [-0.1, -0.05) is 0 Å². The van der Waals surface area contributed by atoms with Gasteiger partial charge < -0.3 is 10.2 Å². The van der Waals surface area contributed by atoms with Crippen LogP contribution < -0.4 is 10.2 Å². The largest absolute Gasteiger partial charge is 0.369 e. The molecule has 1 saturated heterocycles. The van der Waals surface area contributed by atoms with Crippen molar-refractivity contribution in [3.63, 3.8) is 0 Å². The van der Waals surface area contributed by atoms with E-state index in [1.807, 2.05) is 17.9 Å². The van der Waals surface area contributed by atoms with Crippen LogP contribution in [0.15, 0.2) is 17.7 Å². The summed E-state index contributed by atoms with van der Waals surface area (Å²) in [7, 11) is 1.46. The van der Waals surface area contributed by atoms with Crippen LogP contribution in [0.3, 0.4) is 0 Å². The SMILES string of the molecule is CNC(=O)C(C#N)=Cc1cc(F)c(N2CCCC2)cc1C. The van der Waals surface area contributed by atoms with Gasteiger partial charge in [-0.2, -0.15) is 5.26 Å². The van der Waals surface area contributed by atoms with Crippen molar-refractivity contribution in [1.82, 2.24) is 5.32 Å². The van der Waals surface area contributed by atoms with Gasteiger partial charge in [-0.15, -0.1) is 0 Å². The topological polar surface area (TPSA) is 56.1 Å². The molecule has 5 heteroatoms. The molecule has 1 heterocycles. The normalized spacial score (nSPS) is 15.0. The maximum absolute atomic E-state index is 14.3. The summed E-state index contributed by atoms with van der Waals surface area (Å²) in [5.41, 5.74) is 1.96. The van der Waals surface area contributed by atoms with Crippen LogP contribution in [0.2, 0.25) is 0 Å². The molecule has 1 aromatic rings. The van der Waals surface area contributed by atoms with Gasteiger partial charge >= 0.3 is 0 Å². The number of nitrogens with zero attached hydrogens (tertiary/aromatic N) is 2. The Labute approximate surface area is 123 Å². The Hall–Kier alpha value is -2.35. The van der Waals surface area contributed by atoms with Gasteiger partial charge in [-0.25, -0.2) is 4.39 Å². The molecule has 1 N–H and O–H groups in total. The fourth-order valence-corrected chi connectivity index (χ4v) is 2.48. The summed E-state index contributed by atoms with van der Waals surface area (Å²) in [5.74, 6) is -0.788. The Balaban J connectivity index is 2.38. The van der Waals surface area contributed by atoms with E-state index in [2.05, 4.69) is 5.32 Å². The number of benzene rings is 1. The van der Waals surface area contributed by atoms with E-state index >= 15 is 0 Å². The minimum atomic E-state index is -0.471. The smallest absolute Gasteiger partial charge is 0.261 e. The van der Waals surface area contributed by atoms with Crippen LogP contribution in [-0.4, -0.2) is 26.0 Å². The van der Waals surface area contributed by atoms with Crippen molar-refractivity contribution in [3.8, 4) is 6.07 Å². The van der Waals surface area contributed by atoms with Crippen LogP contribution in [0, 0.1) is 24.1 Å².